The van der Waals surface area contributed by atoms with E-state index in [2.05, 4.69) is 20.0 Å². The normalized spacial score (nSPS) is 26.9. The molecule has 2 aliphatic rings. The summed E-state index contributed by atoms with van der Waals surface area (Å²) in [4.78, 5) is 16.8. The van der Waals surface area contributed by atoms with Crippen molar-refractivity contribution in [3.63, 3.8) is 0 Å². The number of carbonyl (C=O) groups is 1. The first kappa shape index (κ1) is 12.8. The van der Waals surface area contributed by atoms with E-state index in [0.29, 0.717) is 5.91 Å². The van der Waals surface area contributed by atoms with Gasteiger partial charge in [0.2, 0.25) is 11.0 Å². The van der Waals surface area contributed by atoms with Crippen LogP contribution >= 0.6 is 11.3 Å². The Morgan fingerprint density at radius 2 is 2.26 bits per heavy atom. The third-order valence-electron chi connectivity index (χ3n) is 4.31. The summed E-state index contributed by atoms with van der Waals surface area (Å²) in [6.07, 6.45) is 3.31. The minimum atomic E-state index is 0.0486. The highest BCUT2D eigenvalue weighted by Gasteiger charge is 2.48. The van der Waals surface area contributed by atoms with Crippen LogP contribution in [0.25, 0.3) is 0 Å². The van der Waals surface area contributed by atoms with Crippen LogP contribution < -0.4 is 4.90 Å². The first-order valence-corrected chi connectivity index (χ1v) is 7.83. The number of amides is 1. The molecule has 0 aromatic carbocycles. The highest BCUT2D eigenvalue weighted by molar-refractivity contribution is 7.13. The molecule has 0 radical (unpaired) electrons. The van der Waals surface area contributed by atoms with Crippen LogP contribution in [0.5, 0.6) is 0 Å². The molecule has 1 aromatic heterocycles. The van der Waals surface area contributed by atoms with Gasteiger partial charge in [-0.2, -0.15) is 0 Å². The molecule has 6 heteroatoms. The molecule has 19 heavy (non-hydrogen) atoms. The van der Waals surface area contributed by atoms with Crippen molar-refractivity contribution in [3.8, 4) is 0 Å². The predicted molar refractivity (Wildman–Crippen MR) is 75.3 cm³/mol. The van der Waals surface area contributed by atoms with E-state index in [1.807, 2.05) is 13.8 Å². The number of rotatable bonds is 2. The Morgan fingerprint density at radius 1 is 1.42 bits per heavy atom. The molecule has 1 aromatic rings. The van der Waals surface area contributed by atoms with Gasteiger partial charge < -0.3 is 9.80 Å². The van der Waals surface area contributed by atoms with Crippen molar-refractivity contribution in [1.82, 2.24) is 15.1 Å². The molecule has 1 amide bonds. The topological polar surface area (TPSA) is 49.3 Å². The monoisotopic (exact) mass is 280 g/mol. The van der Waals surface area contributed by atoms with Gasteiger partial charge in [0.25, 0.3) is 0 Å². The van der Waals surface area contributed by atoms with Gasteiger partial charge in [-0.25, -0.2) is 0 Å². The minimum Gasteiger partial charge on any atom is -0.344 e. The van der Waals surface area contributed by atoms with Crippen LogP contribution in [-0.2, 0) is 4.79 Å². The Labute approximate surface area is 117 Å². The van der Waals surface area contributed by atoms with Gasteiger partial charge in [0.15, 0.2) is 0 Å². The van der Waals surface area contributed by atoms with E-state index < -0.39 is 0 Å². The fraction of sp³-hybridized carbons (Fsp3) is 0.769. The molecule has 5 nitrogen and oxygen atoms in total. The average Bonchev–Trinajstić information content (AvgIpc) is 3.10. The highest BCUT2D eigenvalue weighted by Crippen LogP contribution is 2.40. The maximum Gasteiger partial charge on any atom is 0.225 e. The second kappa shape index (κ2) is 4.74. The highest BCUT2D eigenvalue weighted by atomic mass is 32.1. The third kappa shape index (κ3) is 2.12. The maximum atomic E-state index is 12.4. The molecular weight excluding hydrogens is 260 g/mol. The van der Waals surface area contributed by atoms with Crippen molar-refractivity contribution in [2.75, 3.05) is 24.5 Å². The molecule has 3 rings (SSSR count). The summed E-state index contributed by atoms with van der Waals surface area (Å²) >= 11 is 1.58. The fourth-order valence-electron chi connectivity index (χ4n) is 3.34. The maximum absolute atomic E-state index is 12.4. The molecule has 0 saturated carbocycles. The molecule has 2 aliphatic heterocycles. The van der Waals surface area contributed by atoms with Crippen molar-refractivity contribution in [3.05, 3.63) is 5.51 Å². The first-order chi connectivity index (χ1) is 9.12. The lowest BCUT2D eigenvalue weighted by Gasteiger charge is -2.36. The number of hydrogen-bond acceptors (Lipinski definition) is 5. The number of anilines is 1. The van der Waals surface area contributed by atoms with Crippen LogP contribution in [0.1, 0.15) is 33.1 Å². The molecule has 104 valence electrons. The molecule has 2 fully saturated rings. The molecule has 1 atom stereocenters. The summed E-state index contributed by atoms with van der Waals surface area (Å²) in [5.74, 6) is 0.391. The van der Waals surface area contributed by atoms with Gasteiger partial charge >= 0.3 is 0 Å². The van der Waals surface area contributed by atoms with E-state index >= 15 is 0 Å². The quantitative estimate of drug-likeness (QED) is 0.828. The van der Waals surface area contributed by atoms with Crippen molar-refractivity contribution < 1.29 is 4.79 Å². The van der Waals surface area contributed by atoms with Gasteiger partial charge in [0.1, 0.15) is 5.51 Å². The van der Waals surface area contributed by atoms with Crippen LogP contribution in [0, 0.1) is 5.92 Å². The lowest BCUT2D eigenvalue weighted by molar-refractivity contribution is -0.138. The Hall–Kier alpha value is -1.17. The summed E-state index contributed by atoms with van der Waals surface area (Å²) in [7, 11) is 0. The Bertz CT molecular complexity index is 461. The lowest BCUT2D eigenvalue weighted by Crippen LogP contribution is -2.50. The Kier molecular flexibility index (Phi) is 3.20. The number of carbonyl (C=O) groups excluding carboxylic acids is 1. The molecule has 3 heterocycles. The van der Waals surface area contributed by atoms with Gasteiger partial charge in [-0.1, -0.05) is 25.2 Å². The molecule has 0 aliphatic carbocycles. The smallest absolute Gasteiger partial charge is 0.225 e. The van der Waals surface area contributed by atoms with E-state index in [0.717, 1.165) is 44.0 Å². The average molecular weight is 280 g/mol. The zero-order valence-electron chi connectivity index (χ0n) is 11.5. The molecule has 1 unspecified atom stereocenters. The fourth-order valence-corrected chi connectivity index (χ4v) is 3.93. The SMILES string of the molecule is CC(C)C(=O)N1CCCC12CCN(c1nncs1)C2. The second-order valence-electron chi connectivity index (χ2n) is 5.87. The summed E-state index contributed by atoms with van der Waals surface area (Å²) in [5, 5.41) is 9.05. The van der Waals surface area contributed by atoms with Gasteiger partial charge in [0, 0.05) is 25.6 Å². The van der Waals surface area contributed by atoms with Crippen LogP contribution in [0.15, 0.2) is 5.51 Å². The van der Waals surface area contributed by atoms with Crippen molar-refractivity contribution in [2.45, 2.75) is 38.6 Å². The summed E-state index contributed by atoms with van der Waals surface area (Å²) < 4.78 is 0. The third-order valence-corrected chi connectivity index (χ3v) is 5.06. The molecule has 2 saturated heterocycles. The Balaban J connectivity index is 1.79. The predicted octanol–water partition coefficient (Wildman–Crippen LogP) is 1.77. The van der Waals surface area contributed by atoms with Gasteiger partial charge in [-0.05, 0) is 19.3 Å². The van der Waals surface area contributed by atoms with Gasteiger partial charge in [0.05, 0.1) is 5.54 Å². The number of hydrogen-bond donors (Lipinski definition) is 0. The first-order valence-electron chi connectivity index (χ1n) is 6.95. The Morgan fingerprint density at radius 3 is 2.95 bits per heavy atom. The zero-order valence-corrected chi connectivity index (χ0v) is 12.3. The number of likely N-dealkylation sites (tertiary alicyclic amines) is 1. The van der Waals surface area contributed by atoms with E-state index in [1.165, 1.54) is 0 Å². The molecule has 1 spiro atoms. The minimum absolute atomic E-state index is 0.0486. The standard InChI is InChI=1S/C13H20N4OS/c1-10(2)11(18)17-6-3-4-13(17)5-7-16(8-13)12-15-14-9-19-12/h9-10H,3-8H2,1-2H3. The van der Waals surface area contributed by atoms with Gasteiger partial charge in [-0.15, -0.1) is 10.2 Å². The van der Waals surface area contributed by atoms with Crippen LogP contribution in [-0.4, -0.2) is 46.2 Å². The van der Waals surface area contributed by atoms with E-state index in [9.17, 15) is 4.79 Å². The van der Waals surface area contributed by atoms with Crippen molar-refractivity contribution in [2.24, 2.45) is 5.92 Å². The second-order valence-corrected chi connectivity index (χ2v) is 6.68. The number of aromatic nitrogens is 2. The van der Waals surface area contributed by atoms with Crippen LogP contribution in [0.3, 0.4) is 0 Å². The molecule has 0 N–H and O–H groups in total. The molecule has 0 bridgehead atoms. The zero-order chi connectivity index (χ0) is 13.5. The molecular formula is C13H20N4OS. The number of nitrogens with zero attached hydrogens (tertiary/aromatic N) is 4. The van der Waals surface area contributed by atoms with E-state index in [-0.39, 0.29) is 11.5 Å². The van der Waals surface area contributed by atoms with Crippen molar-refractivity contribution in [1.29, 1.82) is 0 Å². The van der Waals surface area contributed by atoms with Gasteiger partial charge in [-0.3, -0.25) is 4.79 Å². The van der Waals surface area contributed by atoms with Crippen LogP contribution in [0.2, 0.25) is 0 Å². The van der Waals surface area contributed by atoms with E-state index in [1.54, 1.807) is 16.8 Å². The van der Waals surface area contributed by atoms with E-state index in [4.69, 9.17) is 0 Å². The van der Waals surface area contributed by atoms with Crippen LogP contribution in [0.4, 0.5) is 5.13 Å². The largest absolute Gasteiger partial charge is 0.344 e. The lowest BCUT2D eigenvalue weighted by atomic mass is 9.94. The summed E-state index contributed by atoms with van der Waals surface area (Å²) in [6.45, 7) is 6.80. The summed E-state index contributed by atoms with van der Waals surface area (Å²) in [6, 6.07) is 0. The summed E-state index contributed by atoms with van der Waals surface area (Å²) in [5.41, 5.74) is 1.82. The van der Waals surface area contributed by atoms with Crippen molar-refractivity contribution >= 4 is 22.4 Å².